The minimum atomic E-state index is -0.162. The Labute approximate surface area is 140 Å². The largest absolute Gasteiger partial charge is 0.338 e. The summed E-state index contributed by atoms with van der Waals surface area (Å²) in [5.74, 6) is 0.670. The number of rotatable bonds is 3. The molecule has 1 aliphatic heterocycles. The van der Waals surface area contributed by atoms with Gasteiger partial charge in [0.1, 0.15) is 0 Å². The van der Waals surface area contributed by atoms with E-state index < -0.39 is 0 Å². The Morgan fingerprint density at radius 3 is 2.35 bits per heavy atom. The van der Waals surface area contributed by atoms with Crippen LogP contribution >= 0.6 is 11.6 Å². The molecule has 2 fully saturated rings. The first-order valence-electron chi connectivity index (χ1n) is 7.96. The van der Waals surface area contributed by atoms with Gasteiger partial charge in [-0.3, -0.25) is 0 Å². The number of benzene rings is 1. The average Bonchev–Trinajstić information content (AvgIpc) is 3.37. The molecule has 4 amide bonds. The molecule has 1 heterocycles. The quantitative estimate of drug-likeness (QED) is 0.891. The number of anilines is 1. The molecule has 0 spiro atoms. The predicted molar refractivity (Wildman–Crippen MR) is 89.7 cm³/mol. The number of hydrogen-bond donors (Lipinski definition) is 2. The predicted octanol–water partition coefficient (Wildman–Crippen LogP) is 2.61. The lowest BCUT2D eigenvalue weighted by atomic mass is 10.3. The topological polar surface area (TPSA) is 64.7 Å². The Morgan fingerprint density at radius 1 is 1.09 bits per heavy atom. The lowest BCUT2D eigenvalue weighted by Gasteiger charge is -2.34. The maximum atomic E-state index is 12.2. The number of hydrogen-bond acceptors (Lipinski definition) is 2. The van der Waals surface area contributed by atoms with Crippen molar-refractivity contribution in [1.29, 1.82) is 0 Å². The van der Waals surface area contributed by atoms with E-state index in [1.165, 1.54) is 12.8 Å². The standard InChI is InChI=1S/C16H21ClN4O2/c17-13-2-1-3-14(10-13)19-16(23)21-8-6-20(7-9-21)15(22)18-11-12-4-5-12/h1-3,10,12H,4-9,11H2,(H,18,22)(H,19,23). The molecule has 0 unspecified atom stereocenters. The Morgan fingerprint density at radius 2 is 1.74 bits per heavy atom. The fourth-order valence-electron chi connectivity index (χ4n) is 2.55. The summed E-state index contributed by atoms with van der Waals surface area (Å²) in [6.45, 7) is 2.94. The molecule has 1 saturated heterocycles. The SMILES string of the molecule is O=C(NCC1CC1)N1CCN(C(=O)Nc2cccc(Cl)c2)CC1. The van der Waals surface area contributed by atoms with E-state index in [0.717, 1.165) is 6.54 Å². The normalized spacial score (nSPS) is 17.8. The minimum Gasteiger partial charge on any atom is -0.338 e. The van der Waals surface area contributed by atoms with Crippen LogP contribution in [0.2, 0.25) is 5.02 Å². The molecule has 6 nitrogen and oxygen atoms in total. The molecule has 2 aliphatic rings. The maximum Gasteiger partial charge on any atom is 0.321 e. The number of carbonyl (C=O) groups is 2. The Kier molecular flexibility index (Phi) is 4.91. The molecule has 0 aromatic heterocycles. The zero-order valence-electron chi connectivity index (χ0n) is 12.9. The molecule has 1 saturated carbocycles. The monoisotopic (exact) mass is 336 g/mol. The van der Waals surface area contributed by atoms with Crippen LogP contribution in [0.1, 0.15) is 12.8 Å². The molecule has 0 bridgehead atoms. The van der Waals surface area contributed by atoms with Crippen LogP contribution in [0.4, 0.5) is 15.3 Å². The van der Waals surface area contributed by atoms with Crippen molar-refractivity contribution in [2.75, 3.05) is 38.0 Å². The van der Waals surface area contributed by atoms with Crippen LogP contribution in [0.3, 0.4) is 0 Å². The second-order valence-electron chi connectivity index (χ2n) is 6.04. The van der Waals surface area contributed by atoms with Gasteiger partial charge < -0.3 is 20.4 Å². The highest BCUT2D eigenvalue weighted by atomic mass is 35.5. The number of carbonyl (C=O) groups excluding carboxylic acids is 2. The second-order valence-corrected chi connectivity index (χ2v) is 6.48. The van der Waals surface area contributed by atoms with Crippen molar-refractivity contribution in [2.24, 2.45) is 5.92 Å². The summed E-state index contributed by atoms with van der Waals surface area (Å²) in [6.07, 6.45) is 2.44. The van der Waals surface area contributed by atoms with Crippen LogP contribution in [-0.2, 0) is 0 Å². The molecule has 23 heavy (non-hydrogen) atoms. The zero-order valence-corrected chi connectivity index (χ0v) is 13.7. The van der Waals surface area contributed by atoms with E-state index in [1.807, 2.05) is 0 Å². The fraction of sp³-hybridized carbons (Fsp3) is 0.500. The smallest absolute Gasteiger partial charge is 0.321 e. The van der Waals surface area contributed by atoms with Crippen LogP contribution in [-0.4, -0.2) is 54.6 Å². The highest BCUT2D eigenvalue weighted by Crippen LogP contribution is 2.27. The van der Waals surface area contributed by atoms with Crippen molar-refractivity contribution in [1.82, 2.24) is 15.1 Å². The van der Waals surface area contributed by atoms with E-state index in [2.05, 4.69) is 10.6 Å². The highest BCUT2D eigenvalue weighted by molar-refractivity contribution is 6.30. The molecule has 3 rings (SSSR count). The second kappa shape index (κ2) is 7.08. The van der Waals surface area contributed by atoms with Gasteiger partial charge >= 0.3 is 12.1 Å². The summed E-state index contributed by atoms with van der Waals surface area (Å²) in [6, 6.07) is 6.88. The summed E-state index contributed by atoms with van der Waals surface area (Å²) in [5, 5.41) is 6.37. The molecule has 124 valence electrons. The third-order valence-electron chi connectivity index (χ3n) is 4.17. The molecular formula is C16H21ClN4O2. The van der Waals surface area contributed by atoms with E-state index in [4.69, 9.17) is 11.6 Å². The van der Waals surface area contributed by atoms with Crippen molar-refractivity contribution >= 4 is 29.4 Å². The highest BCUT2D eigenvalue weighted by Gasteiger charge is 2.26. The van der Waals surface area contributed by atoms with Crippen molar-refractivity contribution in [3.8, 4) is 0 Å². The Balaban J connectivity index is 1.44. The molecule has 0 radical (unpaired) electrons. The van der Waals surface area contributed by atoms with Crippen LogP contribution in [0.15, 0.2) is 24.3 Å². The lowest BCUT2D eigenvalue weighted by molar-refractivity contribution is 0.149. The third kappa shape index (κ3) is 4.51. The van der Waals surface area contributed by atoms with E-state index in [9.17, 15) is 9.59 Å². The minimum absolute atomic E-state index is 0.0215. The average molecular weight is 337 g/mol. The van der Waals surface area contributed by atoms with Gasteiger partial charge in [0.05, 0.1) is 0 Å². The zero-order chi connectivity index (χ0) is 16.2. The summed E-state index contributed by atoms with van der Waals surface area (Å²) in [7, 11) is 0. The van der Waals surface area contributed by atoms with Gasteiger partial charge in [-0.1, -0.05) is 17.7 Å². The first-order chi connectivity index (χ1) is 11.1. The number of halogens is 1. The van der Waals surface area contributed by atoms with Gasteiger partial charge in [0.2, 0.25) is 0 Å². The molecular weight excluding hydrogens is 316 g/mol. The van der Waals surface area contributed by atoms with Gasteiger partial charge in [-0.2, -0.15) is 0 Å². The summed E-state index contributed by atoms with van der Waals surface area (Å²) < 4.78 is 0. The van der Waals surface area contributed by atoms with Crippen LogP contribution in [0, 0.1) is 5.92 Å². The molecule has 1 aliphatic carbocycles. The maximum absolute atomic E-state index is 12.2. The van der Waals surface area contributed by atoms with Crippen LogP contribution in [0.5, 0.6) is 0 Å². The van der Waals surface area contributed by atoms with E-state index >= 15 is 0 Å². The van der Waals surface area contributed by atoms with E-state index in [1.54, 1.807) is 34.1 Å². The molecule has 1 aromatic rings. The lowest BCUT2D eigenvalue weighted by Crippen LogP contribution is -2.54. The van der Waals surface area contributed by atoms with Gasteiger partial charge in [0.15, 0.2) is 0 Å². The van der Waals surface area contributed by atoms with Crippen LogP contribution in [0.25, 0.3) is 0 Å². The number of piperazine rings is 1. The molecule has 7 heteroatoms. The number of nitrogens with one attached hydrogen (secondary N) is 2. The number of amides is 4. The number of nitrogens with zero attached hydrogens (tertiary/aromatic N) is 2. The van der Waals surface area contributed by atoms with E-state index in [-0.39, 0.29) is 12.1 Å². The van der Waals surface area contributed by atoms with Crippen LogP contribution < -0.4 is 10.6 Å². The van der Waals surface area contributed by atoms with Crippen molar-refractivity contribution < 1.29 is 9.59 Å². The number of urea groups is 2. The third-order valence-corrected chi connectivity index (χ3v) is 4.40. The van der Waals surface area contributed by atoms with E-state index in [0.29, 0.717) is 42.8 Å². The summed E-state index contributed by atoms with van der Waals surface area (Å²) in [4.78, 5) is 27.7. The van der Waals surface area contributed by atoms with Crippen molar-refractivity contribution in [3.63, 3.8) is 0 Å². The van der Waals surface area contributed by atoms with Gasteiger partial charge in [0.25, 0.3) is 0 Å². The first-order valence-corrected chi connectivity index (χ1v) is 8.34. The van der Waals surface area contributed by atoms with Crippen molar-refractivity contribution in [2.45, 2.75) is 12.8 Å². The van der Waals surface area contributed by atoms with Gasteiger partial charge in [-0.05, 0) is 37.0 Å². The fourth-order valence-corrected chi connectivity index (χ4v) is 2.74. The molecule has 2 N–H and O–H groups in total. The first kappa shape index (κ1) is 15.9. The van der Waals surface area contributed by atoms with Gasteiger partial charge in [0, 0.05) is 43.4 Å². The van der Waals surface area contributed by atoms with Gasteiger partial charge in [-0.25, -0.2) is 9.59 Å². The summed E-state index contributed by atoms with van der Waals surface area (Å²) >= 11 is 5.91. The Bertz CT molecular complexity index is 583. The van der Waals surface area contributed by atoms with Gasteiger partial charge in [-0.15, -0.1) is 0 Å². The molecule has 0 atom stereocenters. The molecule has 1 aromatic carbocycles. The summed E-state index contributed by atoms with van der Waals surface area (Å²) in [5.41, 5.74) is 0.673. The Hall–Kier alpha value is -1.95. The van der Waals surface area contributed by atoms with Crippen molar-refractivity contribution in [3.05, 3.63) is 29.3 Å².